The van der Waals surface area contributed by atoms with Crippen molar-refractivity contribution in [1.29, 1.82) is 0 Å². The largest absolute Gasteiger partial charge is 0.305 e. The van der Waals surface area contributed by atoms with Crippen molar-refractivity contribution < 1.29 is 9.18 Å². The Morgan fingerprint density at radius 2 is 1.89 bits per heavy atom. The van der Waals surface area contributed by atoms with Crippen molar-refractivity contribution in [2.45, 2.75) is 69.1 Å². The van der Waals surface area contributed by atoms with E-state index >= 15 is 0 Å². The number of aromatic nitrogens is 3. The molecule has 2 fully saturated rings. The maximum Gasteiger partial charge on any atom is 0.133 e. The van der Waals surface area contributed by atoms with Crippen LogP contribution in [0.25, 0.3) is 16.8 Å². The zero-order valence-corrected chi connectivity index (χ0v) is 21.1. The predicted octanol–water partition coefficient (Wildman–Crippen LogP) is 7.06. The summed E-state index contributed by atoms with van der Waals surface area (Å²) in [6.45, 7) is 0. The van der Waals surface area contributed by atoms with E-state index in [1.165, 1.54) is 42.5 Å². The topological polar surface area (TPSA) is 47.3 Å². The quantitative estimate of drug-likeness (QED) is 0.306. The van der Waals surface area contributed by atoms with Gasteiger partial charge in [-0.2, -0.15) is 0 Å². The van der Waals surface area contributed by atoms with Gasteiger partial charge in [-0.05, 0) is 110 Å². The minimum atomic E-state index is -0.236. The molecule has 188 valence electrons. The van der Waals surface area contributed by atoms with Gasteiger partial charge in [0.15, 0.2) is 0 Å². The number of fused-ring (bicyclic) bond motifs is 4. The highest BCUT2D eigenvalue weighted by molar-refractivity contribution is 5.81. The third-order valence-electron chi connectivity index (χ3n) is 9.63. The molecule has 0 amide bonds. The molecule has 4 aromatic rings. The summed E-state index contributed by atoms with van der Waals surface area (Å²) in [5, 5.41) is 0. The van der Waals surface area contributed by atoms with Gasteiger partial charge in [-0.1, -0.05) is 12.5 Å². The van der Waals surface area contributed by atoms with Crippen molar-refractivity contribution in [3.05, 3.63) is 89.9 Å². The first-order valence-corrected chi connectivity index (χ1v) is 13.8. The SMILES string of the molecule is O=C1CCC2(Cc3ccccn3)c3cn4cnc(-c5ccc(F)cc5)c4cc3C(C3CCC3)CCC2C1. The lowest BCUT2D eigenvalue weighted by Gasteiger charge is -2.44. The molecule has 3 aromatic heterocycles. The summed E-state index contributed by atoms with van der Waals surface area (Å²) in [6.07, 6.45) is 15.3. The summed E-state index contributed by atoms with van der Waals surface area (Å²) in [6, 6.07) is 15.2. The van der Waals surface area contributed by atoms with E-state index in [9.17, 15) is 9.18 Å². The number of rotatable bonds is 4. The third kappa shape index (κ3) is 3.82. The van der Waals surface area contributed by atoms with Gasteiger partial charge in [0.25, 0.3) is 0 Å². The summed E-state index contributed by atoms with van der Waals surface area (Å²) in [5.74, 6) is 1.72. The first-order valence-electron chi connectivity index (χ1n) is 13.8. The molecule has 4 nitrogen and oxygen atoms in total. The second-order valence-electron chi connectivity index (χ2n) is 11.5. The number of carbonyl (C=O) groups is 1. The Kier molecular flexibility index (Phi) is 5.49. The Labute approximate surface area is 217 Å². The molecule has 3 unspecified atom stereocenters. The molecule has 1 aromatic carbocycles. The smallest absolute Gasteiger partial charge is 0.133 e. The van der Waals surface area contributed by atoms with Gasteiger partial charge < -0.3 is 4.40 Å². The minimum Gasteiger partial charge on any atom is -0.305 e. The molecule has 0 bridgehead atoms. The number of benzene rings is 1. The number of hydrogen-bond acceptors (Lipinski definition) is 3. The Morgan fingerprint density at radius 1 is 1.03 bits per heavy atom. The van der Waals surface area contributed by atoms with E-state index in [1.807, 2.05) is 30.7 Å². The summed E-state index contributed by atoms with van der Waals surface area (Å²) >= 11 is 0. The van der Waals surface area contributed by atoms with E-state index < -0.39 is 0 Å². The number of ketones is 1. The van der Waals surface area contributed by atoms with E-state index in [0.717, 1.165) is 48.2 Å². The summed E-state index contributed by atoms with van der Waals surface area (Å²) in [5.41, 5.74) is 6.76. The van der Waals surface area contributed by atoms with Gasteiger partial charge >= 0.3 is 0 Å². The highest BCUT2D eigenvalue weighted by atomic mass is 19.1. The first-order chi connectivity index (χ1) is 18.1. The van der Waals surface area contributed by atoms with Crippen LogP contribution in [0.5, 0.6) is 0 Å². The highest BCUT2D eigenvalue weighted by Crippen LogP contribution is 2.55. The molecule has 3 atom stereocenters. The number of hydrogen-bond donors (Lipinski definition) is 0. The molecule has 0 N–H and O–H groups in total. The van der Waals surface area contributed by atoms with Crippen LogP contribution in [-0.2, 0) is 16.6 Å². The molecule has 5 heteroatoms. The maximum atomic E-state index is 13.6. The van der Waals surface area contributed by atoms with Gasteiger partial charge in [0, 0.05) is 41.9 Å². The molecular formula is C32H32FN3O. The van der Waals surface area contributed by atoms with Crippen LogP contribution in [0.4, 0.5) is 4.39 Å². The Bertz CT molecular complexity index is 1460. The molecule has 0 radical (unpaired) electrons. The lowest BCUT2D eigenvalue weighted by Crippen LogP contribution is -2.43. The van der Waals surface area contributed by atoms with Crippen molar-refractivity contribution in [3.8, 4) is 11.3 Å². The predicted molar refractivity (Wildman–Crippen MR) is 142 cm³/mol. The first kappa shape index (κ1) is 22.8. The standard InChI is InChI=1S/C32H32FN3O/c33-24-10-7-22(8-11-24)31-30-17-28-27(21-4-3-5-21)12-9-23-16-26(37)13-14-32(23,18-25-6-1-2-15-34-25)29(28)19-36(30)20-35-31/h1-2,6-8,10-11,15,17,19-21,23,27H,3-5,9,12-14,16,18H2. The van der Waals surface area contributed by atoms with Gasteiger partial charge in [0.05, 0.1) is 17.5 Å². The van der Waals surface area contributed by atoms with Crippen molar-refractivity contribution in [2.75, 3.05) is 0 Å². The second kappa shape index (κ2) is 8.90. The van der Waals surface area contributed by atoms with Crippen molar-refractivity contribution >= 4 is 11.3 Å². The van der Waals surface area contributed by atoms with Crippen LogP contribution in [0.1, 0.15) is 74.1 Å². The van der Waals surface area contributed by atoms with E-state index in [1.54, 1.807) is 0 Å². The molecule has 3 aliphatic rings. The average molecular weight is 494 g/mol. The van der Waals surface area contributed by atoms with Crippen molar-refractivity contribution in [1.82, 2.24) is 14.4 Å². The number of carbonyl (C=O) groups excluding carboxylic acids is 1. The number of halogens is 1. The van der Waals surface area contributed by atoms with Gasteiger partial charge in [-0.25, -0.2) is 9.37 Å². The normalized spacial score (nSPS) is 25.8. The van der Waals surface area contributed by atoms with E-state index in [-0.39, 0.29) is 11.2 Å². The van der Waals surface area contributed by atoms with Gasteiger partial charge in [0.2, 0.25) is 0 Å². The van der Waals surface area contributed by atoms with Crippen LogP contribution in [0, 0.1) is 17.7 Å². The van der Waals surface area contributed by atoms with Crippen LogP contribution in [0.2, 0.25) is 0 Å². The molecule has 0 saturated heterocycles. The molecule has 0 aliphatic heterocycles. The van der Waals surface area contributed by atoms with Gasteiger partial charge in [0.1, 0.15) is 11.6 Å². The summed E-state index contributed by atoms with van der Waals surface area (Å²) in [7, 11) is 0. The number of Topliss-reactive ketones (excluding diaryl/α,β-unsaturated/α-hetero) is 1. The van der Waals surface area contributed by atoms with Crippen molar-refractivity contribution in [2.24, 2.45) is 11.8 Å². The Hall–Kier alpha value is -3.34. The number of imidazole rings is 1. The zero-order chi connectivity index (χ0) is 25.0. The molecule has 2 saturated carbocycles. The highest BCUT2D eigenvalue weighted by Gasteiger charge is 2.49. The average Bonchev–Trinajstić information content (AvgIpc) is 3.25. The fourth-order valence-electron chi connectivity index (χ4n) is 7.50. The van der Waals surface area contributed by atoms with Gasteiger partial charge in [-0.15, -0.1) is 0 Å². The summed E-state index contributed by atoms with van der Waals surface area (Å²) in [4.78, 5) is 22.3. The van der Waals surface area contributed by atoms with Crippen LogP contribution >= 0.6 is 0 Å². The fourth-order valence-corrected chi connectivity index (χ4v) is 7.50. The maximum absolute atomic E-state index is 13.6. The molecule has 37 heavy (non-hydrogen) atoms. The number of nitrogens with zero attached hydrogens (tertiary/aromatic N) is 3. The molecule has 7 rings (SSSR count). The van der Waals surface area contributed by atoms with E-state index in [4.69, 9.17) is 9.97 Å². The second-order valence-corrected chi connectivity index (χ2v) is 11.5. The number of pyridine rings is 2. The molecule has 0 spiro atoms. The van der Waals surface area contributed by atoms with Gasteiger partial charge in [-0.3, -0.25) is 9.78 Å². The third-order valence-corrected chi connectivity index (χ3v) is 9.63. The molecular weight excluding hydrogens is 461 g/mol. The van der Waals surface area contributed by atoms with Crippen molar-refractivity contribution in [3.63, 3.8) is 0 Å². The lowest BCUT2D eigenvalue weighted by molar-refractivity contribution is -0.123. The van der Waals surface area contributed by atoms with Crippen LogP contribution in [0.15, 0.2) is 67.3 Å². The van der Waals surface area contributed by atoms with Crippen LogP contribution < -0.4 is 0 Å². The fraction of sp³-hybridized carbons (Fsp3) is 0.406. The molecule has 3 heterocycles. The Morgan fingerprint density at radius 3 is 2.65 bits per heavy atom. The van der Waals surface area contributed by atoms with Crippen LogP contribution in [0.3, 0.4) is 0 Å². The monoisotopic (exact) mass is 493 g/mol. The zero-order valence-electron chi connectivity index (χ0n) is 21.1. The minimum absolute atomic E-state index is 0.107. The van der Waals surface area contributed by atoms with Crippen LogP contribution in [-0.4, -0.2) is 20.2 Å². The lowest BCUT2D eigenvalue weighted by atomic mass is 9.59. The summed E-state index contributed by atoms with van der Waals surface area (Å²) < 4.78 is 15.8. The molecule has 3 aliphatic carbocycles. The van der Waals surface area contributed by atoms with E-state index in [0.29, 0.717) is 36.4 Å². The van der Waals surface area contributed by atoms with E-state index in [2.05, 4.69) is 28.8 Å². The Balaban J connectivity index is 1.44.